The quantitative estimate of drug-likeness (QED) is 0.730. The van der Waals surface area contributed by atoms with E-state index in [0.717, 1.165) is 24.8 Å². The summed E-state index contributed by atoms with van der Waals surface area (Å²) in [4.78, 5) is 6.12. The first-order valence-electron chi connectivity index (χ1n) is 6.17. The van der Waals surface area contributed by atoms with Crippen LogP contribution in [0.1, 0.15) is 32.6 Å². The van der Waals surface area contributed by atoms with Gasteiger partial charge in [-0.15, -0.1) is 0 Å². The summed E-state index contributed by atoms with van der Waals surface area (Å²) >= 11 is 0. The van der Waals surface area contributed by atoms with E-state index in [4.69, 9.17) is 0 Å². The summed E-state index contributed by atoms with van der Waals surface area (Å²) in [5, 5.41) is 0. The molecule has 1 aromatic heterocycles. The minimum atomic E-state index is -0.381. The molecule has 2 heterocycles. The van der Waals surface area contributed by atoms with E-state index in [2.05, 4.69) is 16.8 Å². The topological polar surface area (TPSA) is 16.1 Å². The van der Waals surface area contributed by atoms with Crippen LogP contribution in [0, 0.1) is 11.9 Å². The van der Waals surface area contributed by atoms with Crippen LogP contribution in [0.5, 0.6) is 0 Å². The van der Waals surface area contributed by atoms with Crippen molar-refractivity contribution in [1.29, 1.82) is 0 Å². The van der Waals surface area contributed by atoms with Gasteiger partial charge in [-0.05, 0) is 30.9 Å². The van der Waals surface area contributed by atoms with Gasteiger partial charge in [0.05, 0.1) is 0 Å². The summed E-state index contributed by atoms with van der Waals surface area (Å²) in [5.74, 6) is 1.26. The largest absolute Gasteiger partial charge is 0.357 e. The van der Waals surface area contributed by atoms with Crippen molar-refractivity contribution in [3.8, 4) is 0 Å². The first-order chi connectivity index (χ1) is 7.79. The minimum absolute atomic E-state index is 0.381. The molecule has 16 heavy (non-hydrogen) atoms. The van der Waals surface area contributed by atoms with E-state index in [-0.39, 0.29) is 5.95 Å². The molecular weight excluding hydrogens is 203 g/mol. The SMILES string of the molecule is CCCC1CCN(c2cccc(F)n2)CC1. The maximum atomic E-state index is 13.0. The van der Waals surface area contributed by atoms with Crippen LogP contribution in [-0.4, -0.2) is 18.1 Å². The summed E-state index contributed by atoms with van der Waals surface area (Å²) < 4.78 is 13.0. The van der Waals surface area contributed by atoms with Crippen LogP contribution in [0.2, 0.25) is 0 Å². The Bertz CT molecular complexity index is 332. The predicted octanol–water partition coefficient (Wildman–Crippen LogP) is 3.24. The second-order valence-electron chi connectivity index (χ2n) is 4.54. The van der Waals surface area contributed by atoms with Crippen molar-refractivity contribution in [1.82, 2.24) is 4.98 Å². The van der Waals surface area contributed by atoms with Crippen molar-refractivity contribution in [3.63, 3.8) is 0 Å². The van der Waals surface area contributed by atoms with Crippen LogP contribution in [0.3, 0.4) is 0 Å². The number of anilines is 1. The molecule has 88 valence electrons. The lowest BCUT2D eigenvalue weighted by Crippen LogP contribution is -2.34. The molecule has 0 radical (unpaired) electrons. The molecule has 1 saturated heterocycles. The Labute approximate surface area is 96.5 Å². The molecule has 0 N–H and O–H groups in total. The highest BCUT2D eigenvalue weighted by Crippen LogP contribution is 2.24. The van der Waals surface area contributed by atoms with Gasteiger partial charge < -0.3 is 4.90 Å². The van der Waals surface area contributed by atoms with Crippen LogP contribution in [0.25, 0.3) is 0 Å². The summed E-state index contributed by atoms with van der Waals surface area (Å²) in [6.45, 7) is 4.27. The molecule has 1 aromatic rings. The highest BCUT2D eigenvalue weighted by Gasteiger charge is 2.19. The molecule has 0 atom stereocenters. The van der Waals surface area contributed by atoms with Gasteiger partial charge in [-0.2, -0.15) is 4.39 Å². The molecule has 1 aliphatic rings. The summed E-state index contributed by atoms with van der Waals surface area (Å²) in [7, 11) is 0. The van der Waals surface area contributed by atoms with Crippen molar-refractivity contribution < 1.29 is 4.39 Å². The zero-order valence-corrected chi connectivity index (χ0v) is 9.82. The van der Waals surface area contributed by atoms with E-state index in [9.17, 15) is 4.39 Å². The maximum Gasteiger partial charge on any atom is 0.214 e. The lowest BCUT2D eigenvalue weighted by atomic mass is 9.92. The zero-order chi connectivity index (χ0) is 11.4. The molecule has 0 aromatic carbocycles. The van der Waals surface area contributed by atoms with E-state index in [1.807, 2.05) is 6.07 Å². The van der Waals surface area contributed by atoms with Gasteiger partial charge in [-0.1, -0.05) is 25.8 Å². The Balaban J connectivity index is 1.94. The van der Waals surface area contributed by atoms with Crippen LogP contribution >= 0.6 is 0 Å². The summed E-state index contributed by atoms with van der Waals surface area (Å²) in [5.41, 5.74) is 0. The smallest absolute Gasteiger partial charge is 0.214 e. The average Bonchev–Trinajstić information content (AvgIpc) is 2.30. The average molecular weight is 222 g/mol. The van der Waals surface area contributed by atoms with Gasteiger partial charge in [0.2, 0.25) is 5.95 Å². The molecule has 3 heteroatoms. The van der Waals surface area contributed by atoms with Crippen LogP contribution < -0.4 is 4.90 Å². The number of nitrogens with zero attached hydrogens (tertiary/aromatic N) is 2. The van der Waals surface area contributed by atoms with Gasteiger partial charge in [0.1, 0.15) is 5.82 Å². The third-order valence-electron chi connectivity index (χ3n) is 3.34. The van der Waals surface area contributed by atoms with Crippen LogP contribution in [0.4, 0.5) is 10.2 Å². The van der Waals surface area contributed by atoms with Gasteiger partial charge in [0, 0.05) is 13.1 Å². The molecule has 0 unspecified atom stereocenters. The number of rotatable bonds is 3. The highest BCUT2D eigenvalue weighted by atomic mass is 19.1. The normalized spacial score (nSPS) is 17.8. The predicted molar refractivity (Wildman–Crippen MR) is 64.0 cm³/mol. The lowest BCUT2D eigenvalue weighted by molar-refractivity contribution is 0.376. The van der Waals surface area contributed by atoms with Crippen LogP contribution in [0.15, 0.2) is 18.2 Å². The Kier molecular flexibility index (Phi) is 3.75. The third-order valence-corrected chi connectivity index (χ3v) is 3.34. The van der Waals surface area contributed by atoms with E-state index < -0.39 is 0 Å². The maximum absolute atomic E-state index is 13.0. The fourth-order valence-corrected chi connectivity index (χ4v) is 2.43. The lowest BCUT2D eigenvalue weighted by Gasteiger charge is -2.32. The van der Waals surface area contributed by atoms with Gasteiger partial charge in [-0.25, -0.2) is 4.98 Å². The Hall–Kier alpha value is -1.12. The number of pyridine rings is 1. The van der Waals surface area contributed by atoms with Crippen molar-refractivity contribution in [2.45, 2.75) is 32.6 Å². The van der Waals surface area contributed by atoms with E-state index in [1.54, 1.807) is 6.07 Å². The molecule has 0 spiro atoms. The fraction of sp³-hybridized carbons (Fsp3) is 0.615. The molecule has 0 bridgehead atoms. The number of piperidine rings is 1. The van der Waals surface area contributed by atoms with E-state index in [1.165, 1.54) is 31.7 Å². The summed E-state index contributed by atoms with van der Waals surface area (Å²) in [6.07, 6.45) is 5.02. The number of hydrogen-bond donors (Lipinski definition) is 0. The van der Waals surface area contributed by atoms with Gasteiger partial charge in [0.15, 0.2) is 0 Å². The van der Waals surface area contributed by atoms with Gasteiger partial charge in [-0.3, -0.25) is 0 Å². The van der Waals surface area contributed by atoms with E-state index in [0.29, 0.717) is 0 Å². The van der Waals surface area contributed by atoms with Crippen molar-refractivity contribution >= 4 is 5.82 Å². The van der Waals surface area contributed by atoms with Crippen molar-refractivity contribution in [3.05, 3.63) is 24.1 Å². The molecule has 1 fully saturated rings. The Morgan fingerprint density at radius 2 is 2.12 bits per heavy atom. The van der Waals surface area contributed by atoms with Crippen LogP contribution in [-0.2, 0) is 0 Å². The molecular formula is C13H19FN2. The molecule has 2 rings (SSSR count). The standard InChI is InChI=1S/C13H19FN2/c1-2-4-11-7-9-16(10-8-11)13-6-3-5-12(14)15-13/h3,5-6,11H,2,4,7-10H2,1H3. The molecule has 0 amide bonds. The Morgan fingerprint density at radius 1 is 1.38 bits per heavy atom. The fourth-order valence-electron chi connectivity index (χ4n) is 2.43. The second kappa shape index (κ2) is 5.28. The summed E-state index contributed by atoms with van der Waals surface area (Å²) in [6, 6.07) is 5.02. The number of hydrogen-bond acceptors (Lipinski definition) is 2. The van der Waals surface area contributed by atoms with E-state index >= 15 is 0 Å². The molecule has 1 aliphatic heterocycles. The zero-order valence-electron chi connectivity index (χ0n) is 9.82. The number of halogens is 1. The monoisotopic (exact) mass is 222 g/mol. The van der Waals surface area contributed by atoms with Gasteiger partial charge in [0.25, 0.3) is 0 Å². The van der Waals surface area contributed by atoms with Crippen molar-refractivity contribution in [2.75, 3.05) is 18.0 Å². The molecule has 0 aliphatic carbocycles. The third kappa shape index (κ3) is 2.71. The number of aromatic nitrogens is 1. The molecule has 2 nitrogen and oxygen atoms in total. The van der Waals surface area contributed by atoms with Gasteiger partial charge >= 0.3 is 0 Å². The molecule has 0 saturated carbocycles. The highest BCUT2D eigenvalue weighted by molar-refractivity contribution is 5.38. The second-order valence-corrected chi connectivity index (χ2v) is 4.54. The first kappa shape index (κ1) is 11.4. The van der Waals surface area contributed by atoms with Crippen molar-refractivity contribution in [2.24, 2.45) is 5.92 Å². The minimum Gasteiger partial charge on any atom is -0.357 e. The Morgan fingerprint density at radius 3 is 2.75 bits per heavy atom. The first-order valence-corrected chi connectivity index (χ1v) is 6.17.